The van der Waals surface area contributed by atoms with E-state index in [1.54, 1.807) is 0 Å². The van der Waals surface area contributed by atoms with Gasteiger partial charge in [-0.1, -0.05) is 19.3 Å². The largest absolute Gasteiger partial charge is 0.339 e. The van der Waals surface area contributed by atoms with Crippen LogP contribution in [0.25, 0.3) is 0 Å². The van der Waals surface area contributed by atoms with Crippen LogP contribution in [0.2, 0.25) is 0 Å². The maximum Gasteiger partial charge on any atom is 0.239 e. The Bertz CT molecular complexity index is 310. The number of nitrogens with zero attached hydrogens (tertiary/aromatic N) is 2. The number of hydrogen-bond donors (Lipinski definition) is 1. The quantitative estimate of drug-likeness (QED) is 0.837. The van der Waals surface area contributed by atoms with Crippen molar-refractivity contribution in [3.05, 3.63) is 0 Å². The van der Waals surface area contributed by atoms with Crippen molar-refractivity contribution < 1.29 is 4.79 Å². The van der Waals surface area contributed by atoms with Gasteiger partial charge in [0, 0.05) is 32.2 Å². The number of rotatable bonds is 2. The molecule has 0 bridgehead atoms. The van der Waals surface area contributed by atoms with Crippen LogP contribution in [0.5, 0.6) is 0 Å². The Hall–Kier alpha value is -0.0300. The maximum atomic E-state index is 12.4. The van der Waals surface area contributed by atoms with Gasteiger partial charge in [0.1, 0.15) is 0 Å². The smallest absolute Gasteiger partial charge is 0.239 e. The molecule has 3 rings (SSSR count). The maximum absolute atomic E-state index is 12.4. The number of amides is 1. The summed E-state index contributed by atoms with van der Waals surface area (Å²) in [5, 5.41) is 3.38. The summed E-state index contributed by atoms with van der Waals surface area (Å²) in [6.07, 6.45) is 8.99. The Labute approximate surface area is 140 Å². The fourth-order valence-electron chi connectivity index (χ4n) is 3.86. The summed E-state index contributed by atoms with van der Waals surface area (Å²) in [5.74, 6) is 0.353. The highest BCUT2D eigenvalue weighted by Crippen LogP contribution is 2.24. The van der Waals surface area contributed by atoms with E-state index in [1.165, 1.54) is 38.5 Å². The predicted molar refractivity (Wildman–Crippen MR) is 90.5 cm³/mol. The highest BCUT2D eigenvalue weighted by molar-refractivity contribution is 5.85. The van der Waals surface area contributed by atoms with Crippen LogP contribution in [0, 0.1) is 0 Å². The lowest BCUT2D eigenvalue weighted by molar-refractivity contribution is -0.136. The molecule has 6 heteroatoms. The van der Waals surface area contributed by atoms with Crippen LogP contribution in [0.4, 0.5) is 0 Å². The lowest BCUT2D eigenvalue weighted by Gasteiger charge is -2.39. The highest BCUT2D eigenvalue weighted by atomic mass is 35.5. The predicted octanol–water partition coefficient (Wildman–Crippen LogP) is 2.06. The van der Waals surface area contributed by atoms with Crippen molar-refractivity contribution >= 4 is 30.7 Å². The molecule has 21 heavy (non-hydrogen) atoms. The SMILES string of the molecule is Cl.Cl.O=C([C@@H]1CCCCN1)N1CCN(C2CCCC2)CC1. The Morgan fingerprint density at radius 3 is 2.05 bits per heavy atom. The molecule has 1 N–H and O–H groups in total. The molecule has 0 radical (unpaired) electrons. The van der Waals surface area contributed by atoms with E-state index in [9.17, 15) is 4.79 Å². The minimum Gasteiger partial charge on any atom is -0.339 e. The van der Waals surface area contributed by atoms with E-state index in [2.05, 4.69) is 15.1 Å². The Morgan fingerprint density at radius 2 is 1.48 bits per heavy atom. The van der Waals surface area contributed by atoms with Crippen molar-refractivity contribution in [3.8, 4) is 0 Å². The third-order valence-electron chi connectivity index (χ3n) is 5.08. The van der Waals surface area contributed by atoms with Gasteiger partial charge in [-0.3, -0.25) is 9.69 Å². The normalized spacial score (nSPS) is 27.8. The second-order valence-electron chi connectivity index (χ2n) is 6.30. The molecule has 0 aromatic carbocycles. The zero-order valence-electron chi connectivity index (χ0n) is 12.8. The summed E-state index contributed by atoms with van der Waals surface area (Å²) in [6, 6.07) is 0.914. The van der Waals surface area contributed by atoms with Gasteiger partial charge in [0.05, 0.1) is 6.04 Å². The molecule has 2 aliphatic heterocycles. The Morgan fingerprint density at radius 1 is 0.857 bits per heavy atom. The zero-order valence-corrected chi connectivity index (χ0v) is 14.4. The van der Waals surface area contributed by atoms with E-state index in [0.717, 1.165) is 45.2 Å². The van der Waals surface area contributed by atoms with Gasteiger partial charge in [-0.25, -0.2) is 0 Å². The zero-order chi connectivity index (χ0) is 13.1. The van der Waals surface area contributed by atoms with Crippen LogP contribution < -0.4 is 5.32 Å². The molecule has 1 saturated carbocycles. The third-order valence-corrected chi connectivity index (χ3v) is 5.08. The van der Waals surface area contributed by atoms with E-state index in [4.69, 9.17) is 0 Å². The van der Waals surface area contributed by atoms with Crippen molar-refractivity contribution in [1.82, 2.24) is 15.1 Å². The van der Waals surface area contributed by atoms with Crippen molar-refractivity contribution in [2.75, 3.05) is 32.7 Å². The number of nitrogens with one attached hydrogen (secondary N) is 1. The van der Waals surface area contributed by atoms with Crippen LogP contribution >= 0.6 is 24.8 Å². The first-order valence-corrected chi connectivity index (χ1v) is 8.11. The molecule has 0 spiro atoms. The van der Waals surface area contributed by atoms with Crippen molar-refractivity contribution in [2.45, 2.75) is 57.0 Å². The molecule has 1 amide bonds. The van der Waals surface area contributed by atoms with Crippen LogP contribution in [0.15, 0.2) is 0 Å². The van der Waals surface area contributed by atoms with Gasteiger partial charge in [-0.05, 0) is 32.2 Å². The van der Waals surface area contributed by atoms with Crippen LogP contribution in [-0.4, -0.2) is 60.5 Å². The summed E-state index contributed by atoms with van der Waals surface area (Å²) >= 11 is 0. The number of piperazine rings is 1. The molecule has 0 unspecified atom stereocenters. The van der Waals surface area contributed by atoms with E-state index in [-0.39, 0.29) is 30.9 Å². The monoisotopic (exact) mass is 337 g/mol. The summed E-state index contributed by atoms with van der Waals surface area (Å²) in [7, 11) is 0. The van der Waals surface area contributed by atoms with Gasteiger partial charge in [0.2, 0.25) is 5.91 Å². The minimum atomic E-state index is 0. The van der Waals surface area contributed by atoms with E-state index < -0.39 is 0 Å². The van der Waals surface area contributed by atoms with Gasteiger partial charge < -0.3 is 10.2 Å². The Balaban J connectivity index is 0.00000110. The van der Waals surface area contributed by atoms with E-state index >= 15 is 0 Å². The molecule has 1 atom stereocenters. The van der Waals surface area contributed by atoms with Gasteiger partial charge in [-0.2, -0.15) is 0 Å². The topological polar surface area (TPSA) is 35.6 Å². The van der Waals surface area contributed by atoms with Crippen LogP contribution in [-0.2, 0) is 4.79 Å². The average molecular weight is 338 g/mol. The molecular formula is C15H29Cl2N3O. The third kappa shape index (κ3) is 4.72. The van der Waals surface area contributed by atoms with Gasteiger partial charge >= 0.3 is 0 Å². The van der Waals surface area contributed by atoms with Crippen molar-refractivity contribution in [3.63, 3.8) is 0 Å². The van der Waals surface area contributed by atoms with E-state index in [0.29, 0.717) is 5.91 Å². The van der Waals surface area contributed by atoms with Gasteiger partial charge in [0.15, 0.2) is 0 Å². The first-order chi connectivity index (χ1) is 9.34. The Kier molecular flexibility index (Phi) is 8.32. The highest BCUT2D eigenvalue weighted by Gasteiger charge is 2.31. The number of halogens is 2. The second-order valence-corrected chi connectivity index (χ2v) is 6.30. The second kappa shape index (κ2) is 9.19. The van der Waals surface area contributed by atoms with Crippen molar-refractivity contribution in [1.29, 1.82) is 0 Å². The molecule has 3 aliphatic rings. The van der Waals surface area contributed by atoms with Crippen LogP contribution in [0.3, 0.4) is 0 Å². The average Bonchev–Trinajstić information content (AvgIpc) is 3.02. The van der Waals surface area contributed by atoms with Gasteiger partial charge in [-0.15, -0.1) is 24.8 Å². The van der Waals surface area contributed by atoms with E-state index in [1.807, 2.05) is 0 Å². The molecular weight excluding hydrogens is 309 g/mol. The number of piperidine rings is 1. The molecule has 0 aromatic heterocycles. The number of carbonyl (C=O) groups excluding carboxylic acids is 1. The molecule has 0 aromatic rings. The molecule has 2 heterocycles. The first-order valence-electron chi connectivity index (χ1n) is 8.11. The lowest BCUT2D eigenvalue weighted by Crippen LogP contribution is -2.56. The van der Waals surface area contributed by atoms with Crippen molar-refractivity contribution in [2.24, 2.45) is 0 Å². The van der Waals surface area contributed by atoms with Crippen LogP contribution in [0.1, 0.15) is 44.9 Å². The molecule has 4 nitrogen and oxygen atoms in total. The first kappa shape index (κ1) is 19.0. The molecule has 3 fully saturated rings. The summed E-state index contributed by atoms with van der Waals surface area (Å²) in [6.45, 7) is 5.06. The molecule has 2 saturated heterocycles. The number of carbonyl (C=O) groups is 1. The summed E-state index contributed by atoms with van der Waals surface area (Å²) < 4.78 is 0. The summed E-state index contributed by atoms with van der Waals surface area (Å²) in [4.78, 5) is 17.1. The molecule has 1 aliphatic carbocycles. The summed E-state index contributed by atoms with van der Waals surface area (Å²) in [5.41, 5.74) is 0. The minimum absolute atomic E-state index is 0. The fourth-order valence-corrected chi connectivity index (χ4v) is 3.86. The number of hydrogen-bond acceptors (Lipinski definition) is 3. The fraction of sp³-hybridized carbons (Fsp3) is 0.933. The van der Waals surface area contributed by atoms with Gasteiger partial charge in [0.25, 0.3) is 0 Å². The lowest BCUT2D eigenvalue weighted by atomic mass is 10.0. The molecule has 124 valence electrons. The standard InChI is InChI=1S/C15H27N3O.2ClH/c19-15(14-7-3-4-8-16-14)18-11-9-17(10-12-18)13-5-1-2-6-13;;/h13-14,16H,1-12H2;2*1H/t14-;;/m0../s1.